The second-order valence-corrected chi connectivity index (χ2v) is 4.61. The van der Waals surface area contributed by atoms with Gasteiger partial charge in [0.2, 0.25) is 5.91 Å². The molecule has 0 saturated carbocycles. The zero-order valence-corrected chi connectivity index (χ0v) is 10.8. The summed E-state index contributed by atoms with van der Waals surface area (Å²) in [7, 11) is 0. The quantitative estimate of drug-likeness (QED) is 0.370. The van der Waals surface area contributed by atoms with E-state index in [1.54, 1.807) is 11.8 Å². The maximum atomic E-state index is 11.3. The van der Waals surface area contributed by atoms with Gasteiger partial charge in [-0.25, -0.2) is 5.84 Å². The Morgan fingerprint density at radius 3 is 2.40 bits per heavy atom. The predicted octanol–water partition coefficient (Wildman–Crippen LogP) is 0.830. The molecular weight excluding hydrogens is 210 g/mol. The molecule has 0 fully saturated rings. The van der Waals surface area contributed by atoms with Crippen LogP contribution in [0.5, 0.6) is 0 Å². The lowest BCUT2D eigenvalue weighted by Crippen LogP contribution is -2.38. The first-order valence-corrected chi connectivity index (χ1v) is 6.58. The van der Waals surface area contributed by atoms with Gasteiger partial charge in [0.05, 0.1) is 5.25 Å². The van der Waals surface area contributed by atoms with Crippen molar-refractivity contribution >= 4 is 17.7 Å². The van der Waals surface area contributed by atoms with E-state index in [1.807, 2.05) is 6.92 Å². The number of thioether (sulfide) groups is 1. The van der Waals surface area contributed by atoms with Crippen molar-refractivity contribution in [3.8, 4) is 0 Å². The number of nitrogens with zero attached hydrogens (tertiary/aromatic N) is 1. The first-order chi connectivity index (χ1) is 7.19. The van der Waals surface area contributed by atoms with Crippen LogP contribution in [0.25, 0.3) is 0 Å². The highest BCUT2D eigenvalue weighted by atomic mass is 32.2. The van der Waals surface area contributed by atoms with Crippen LogP contribution in [-0.4, -0.2) is 41.4 Å². The van der Waals surface area contributed by atoms with Gasteiger partial charge in [0.25, 0.3) is 0 Å². The third-order valence-electron chi connectivity index (χ3n) is 2.43. The van der Waals surface area contributed by atoms with E-state index in [-0.39, 0.29) is 11.2 Å². The Kier molecular flexibility index (Phi) is 8.85. The van der Waals surface area contributed by atoms with Gasteiger partial charge in [-0.3, -0.25) is 10.2 Å². The molecule has 0 aliphatic carbocycles. The van der Waals surface area contributed by atoms with Gasteiger partial charge in [0.1, 0.15) is 0 Å². The number of hydrogen-bond acceptors (Lipinski definition) is 4. The third kappa shape index (κ3) is 6.02. The Labute approximate surface area is 96.9 Å². The molecule has 0 aliphatic rings. The van der Waals surface area contributed by atoms with Crippen molar-refractivity contribution in [2.24, 2.45) is 5.84 Å². The number of rotatable bonds is 8. The Bertz CT molecular complexity index is 174. The largest absolute Gasteiger partial charge is 0.303 e. The number of carbonyl (C=O) groups is 1. The summed E-state index contributed by atoms with van der Waals surface area (Å²) in [5.41, 5.74) is 2.21. The molecule has 0 aromatic carbocycles. The number of carbonyl (C=O) groups excluding carboxylic acids is 1. The number of amides is 1. The number of hydrogen-bond donors (Lipinski definition) is 2. The molecule has 90 valence electrons. The average Bonchev–Trinajstić information content (AvgIpc) is 2.28. The smallest absolute Gasteiger partial charge is 0.246 e. The van der Waals surface area contributed by atoms with Gasteiger partial charge < -0.3 is 4.90 Å². The maximum Gasteiger partial charge on any atom is 0.246 e. The summed E-state index contributed by atoms with van der Waals surface area (Å²) in [6.45, 7) is 9.47. The standard InChI is InChI=1S/C10H23N3OS/c1-4-9(10(14)12-11)15-8-7-13(5-2)6-3/h9H,4-8,11H2,1-3H3,(H,12,14). The van der Waals surface area contributed by atoms with Crippen LogP contribution < -0.4 is 11.3 Å². The van der Waals surface area contributed by atoms with Crippen molar-refractivity contribution in [2.45, 2.75) is 32.4 Å². The molecule has 0 aliphatic heterocycles. The summed E-state index contributed by atoms with van der Waals surface area (Å²) in [5.74, 6) is 6.02. The topological polar surface area (TPSA) is 58.4 Å². The van der Waals surface area contributed by atoms with Crippen LogP contribution in [0.4, 0.5) is 0 Å². The minimum Gasteiger partial charge on any atom is -0.303 e. The van der Waals surface area contributed by atoms with E-state index >= 15 is 0 Å². The highest BCUT2D eigenvalue weighted by molar-refractivity contribution is 8.00. The Hall–Kier alpha value is -0.260. The van der Waals surface area contributed by atoms with Crippen LogP contribution in [0.1, 0.15) is 27.2 Å². The molecule has 5 heteroatoms. The Morgan fingerprint density at radius 1 is 1.40 bits per heavy atom. The fourth-order valence-corrected chi connectivity index (χ4v) is 2.44. The average molecular weight is 233 g/mol. The molecule has 0 spiro atoms. The molecule has 0 saturated heterocycles. The molecule has 1 atom stereocenters. The molecule has 0 bridgehead atoms. The van der Waals surface area contributed by atoms with E-state index in [0.29, 0.717) is 0 Å². The summed E-state index contributed by atoms with van der Waals surface area (Å²) in [4.78, 5) is 13.6. The minimum atomic E-state index is -0.0675. The van der Waals surface area contributed by atoms with Crippen molar-refractivity contribution in [3.63, 3.8) is 0 Å². The fraction of sp³-hybridized carbons (Fsp3) is 0.900. The SMILES string of the molecule is CCC(SCCN(CC)CC)C(=O)NN. The Balaban J connectivity index is 3.76. The molecule has 0 radical (unpaired) electrons. The van der Waals surface area contributed by atoms with Gasteiger partial charge in [0, 0.05) is 12.3 Å². The lowest BCUT2D eigenvalue weighted by molar-refractivity contribution is -0.120. The van der Waals surface area contributed by atoms with E-state index < -0.39 is 0 Å². The van der Waals surface area contributed by atoms with Crippen LogP contribution in [0, 0.1) is 0 Å². The minimum absolute atomic E-state index is 0.00874. The van der Waals surface area contributed by atoms with Gasteiger partial charge in [-0.1, -0.05) is 20.8 Å². The first-order valence-electron chi connectivity index (χ1n) is 5.53. The molecule has 4 nitrogen and oxygen atoms in total. The van der Waals surface area contributed by atoms with E-state index in [4.69, 9.17) is 5.84 Å². The number of hydrazine groups is 1. The van der Waals surface area contributed by atoms with Crippen molar-refractivity contribution < 1.29 is 4.79 Å². The second-order valence-electron chi connectivity index (χ2n) is 3.30. The Morgan fingerprint density at radius 2 is 2.00 bits per heavy atom. The molecule has 0 rings (SSSR count). The summed E-state index contributed by atoms with van der Waals surface area (Å²) >= 11 is 1.68. The molecule has 0 aromatic heterocycles. The van der Waals surface area contributed by atoms with E-state index in [1.165, 1.54) is 0 Å². The van der Waals surface area contributed by atoms with Crippen LogP contribution in [-0.2, 0) is 4.79 Å². The van der Waals surface area contributed by atoms with Gasteiger partial charge in [0.15, 0.2) is 0 Å². The summed E-state index contributed by atoms with van der Waals surface area (Å²) in [6, 6.07) is 0. The van der Waals surface area contributed by atoms with Crippen LogP contribution in [0.3, 0.4) is 0 Å². The van der Waals surface area contributed by atoms with Crippen molar-refractivity contribution in [2.75, 3.05) is 25.4 Å². The lowest BCUT2D eigenvalue weighted by Gasteiger charge is -2.19. The lowest BCUT2D eigenvalue weighted by atomic mass is 10.3. The maximum absolute atomic E-state index is 11.3. The van der Waals surface area contributed by atoms with Crippen molar-refractivity contribution in [1.82, 2.24) is 10.3 Å². The number of nitrogens with two attached hydrogens (primary N) is 1. The number of nitrogens with one attached hydrogen (secondary N) is 1. The second kappa shape index (κ2) is 9.00. The van der Waals surface area contributed by atoms with Crippen LogP contribution in [0.15, 0.2) is 0 Å². The first kappa shape index (κ1) is 14.7. The molecule has 3 N–H and O–H groups in total. The highest BCUT2D eigenvalue weighted by Crippen LogP contribution is 2.14. The van der Waals surface area contributed by atoms with E-state index in [2.05, 4.69) is 24.2 Å². The zero-order valence-electron chi connectivity index (χ0n) is 9.95. The summed E-state index contributed by atoms with van der Waals surface area (Å²) in [5, 5.41) is -0.00874. The molecule has 1 amide bonds. The molecule has 0 aromatic rings. The van der Waals surface area contributed by atoms with Gasteiger partial charge in [-0.15, -0.1) is 11.8 Å². The highest BCUT2D eigenvalue weighted by Gasteiger charge is 2.15. The summed E-state index contributed by atoms with van der Waals surface area (Å²) < 4.78 is 0. The van der Waals surface area contributed by atoms with E-state index in [9.17, 15) is 4.79 Å². The summed E-state index contributed by atoms with van der Waals surface area (Å²) in [6.07, 6.45) is 0.825. The fourth-order valence-electron chi connectivity index (χ4n) is 1.34. The molecular formula is C10H23N3OS. The van der Waals surface area contributed by atoms with E-state index in [0.717, 1.165) is 31.8 Å². The molecule has 15 heavy (non-hydrogen) atoms. The monoisotopic (exact) mass is 233 g/mol. The molecule has 1 unspecified atom stereocenters. The third-order valence-corrected chi connectivity index (χ3v) is 3.79. The molecule has 0 heterocycles. The van der Waals surface area contributed by atoms with Crippen molar-refractivity contribution in [1.29, 1.82) is 0 Å². The van der Waals surface area contributed by atoms with Crippen LogP contribution in [0.2, 0.25) is 0 Å². The van der Waals surface area contributed by atoms with Crippen molar-refractivity contribution in [3.05, 3.63) is 0 Å². The van der Waals surface area contributed by atoms with Gasteiger partial charge >= 0.3 is 0 Å². The van der Waals surface area contributed by atoms with Gasteiger partial charge in [-0.05, 0) is 19.5 Å². The predicted molar refractivity (Wildman–Crippen MR) is 66.7 cm³/mol. The van der Waals surface area contributed by atoms with Crippen LogP contribution >= 0.6 is 11.8 Å². The van der Waals surface area contributed by atoms with Gasteiger partial charge in [-0.2, -0.15) is 0 Å². The normalized spacial score (nSPS) is 12.9. The zero-order chi connectivity index (χ0) is 11.7.